The molecule has 3 fully saturated rings. The monoisotopic (exact) mass is 245 g/mol. The molecule has 5 heteroatoms. The van der Waals surface area contributed by atoms with Crippen LogP contribution in [0.1, 0.15) is 12.8 Å². The summed E-state index contributed by atoms with van der Waals surface area (Å²) in [5.74, 6) is 1.24. The predicted octanol–water partition coefficient (Wildman–Crippen LogP) is 0.859. The first kappa shape index (κ1) is 12.1. The Hall–Kier alpha value is -0.390. The molecule has 0 aromatic carbocycles. The molecule has 0 N–H and O–H groups in total. The van der Waals surface area contributed by atoms with Gasteiger partial charge < -0.3 is 0 Å². The van der Waals surface area contributed by atoms with Gasteiger partial charge in [-0.3, -0.25) is 9.08 Å². The van der Waals surface area contributed by atoms with Crippen molar-refractivity contribution in [3.05, 3.63) is 12.7 Å². The molecule has 3 rings (SSSR count). The number of piperidine rings is 3. The predicted molar refractivity (Wildman–Crippen MR) is 62.6 cm³/mol. The summed E-state index contributed by atoms with van der Waals surface area (Å²) in [5, 5.41) is 0. The maximum atomic E-state index is 10.9. The summed E-state index contributed by atoms with van der Waals surface area (Å²) in [6, 6.07) is 0.268. The summed E-state index contributed by atoms with van der Waals surface area (Å²) in [7, 11) is -3.31. The van der Waals surface area contributed by atoms with Gasteiger partial charge in [0.25, 0.3) is 10.1 Å². The van der Waals surface area contributed by atoms with E-state index < -0.39 is 10.1 Å². The van der Waals surface area contributed by atoms with E-state index in [0.717, 1.165) is 25.8 Å². The zero-order chi connectivity index (χ0) is 11.8. The summed E-state index contributed by atoms with van der Waals surface area (Å²) in [4.78, 5) is 2.33. The molecule has 3 saturated heterocycles. The Kier molecular flexibility index (Phi) is 3.37. The average Bonchev–Trinajstić information content (AvgIpc) is 2.26. The quantitative estimate of drug-likeness (QED) is 0.544. The minimum Gasteiger partial charge on any atom is -0.297 e. The van der Waals surface area contributed by atoms with E-state index in [4.69, 9.17) is 4.18 Å². The van der Waals surface area contributed by atoms with E-state index in [2.05, 4.69) is 11.5 Å². The number of hydrogen-bond donors (Lipinski definition) is 0. The van der Waals surface area contributed by atoms with Gasteiger partial charge in [-0.1, -0.05) is 6.08 Å². The molecule has 0 aromatic rings. The van der Waals surface area contributed by atoms with Crippen LogP contribution in [0.5, 0.6) is 0 Å². The molecular weight excluding hydrogens is 226 g/mol. The second kappa shape index (κ2) is 4.47. The molecule has 0 saturated carbocycles. The van der Waals surface area contributed by atoms with Crippen LogP contribution >= 0.6 is 0 Å². The molecule has 0 radical (unpaired) electrons. The van der Waals surface area contributed by atoms with Crippen LogP contribution in [0.4, 0.5) is 0 Å². The van der Waals surface area contributed by atoms with E-state index in [1.807, 2.05) is 6.08 Å². The van der Waals surface area contributed by atoms with E-state index in [1.54, 1.807) is 0 Å². The van der Waals surface area contributed by atoms with Crippen molar-refractivity contribution in [3.63, 3.8) is 0 Å². The van der Waals surface area contributed by atoms with E-state index >= 15 is 0 Å². The third-order valence-corrected chi connectivity index (χ3v) is 4.27. The van der Waals surface area contributed by atoms with Crippen LogP contribution in [0.15, 0.2) is 12.7 Å². The maximum absolute atomic E-state index is 10.9. The molecule has 0 aromatic heterocycles. The van der Waals surface area contributed by atoms with Crippen molar-refractivity contribution in [1.29, 1.82) is 0 Å². The molecule has 0 spiro atoms. The zero-order valence-corrected chi connectivity index (χ0v) is 10.4. The van der Waals surface area contributed by atoms with E-state index in [9.17, 15) is 8.42 Å². The number of fused-ring (bicyclic) bond motifs is 3. The Morgan fingerprint density at radius 2 is 2.31 bits per heavy atom. The number of rotatable bonds is 4. The molecule has 92 valence electrons. The lowest BCUT2D eigenvalue weighted by Gasteiger charge is -2.48. The van der Waals surface area contributed by atoms with Crippen molar-refractivity contribution in [1.82, 2.24) is 4.90 Å². The highest BCUT2D eigenvalue weighted by Crippen LogP contribution is 2.36. The fourth-order valence-corrected chi connectivity index (χ4v) is 3.23. The molecule has 1 unspecified atom stereocenters. The molecule has 3 aliphatic heterocycles. The van der Waals surface area contributed by atoms with E-state index in [0.29, 0.717) is 18.4 Å². The third kappa shape index (κ3) is 2.64. The first-order chi connectivity index (χ1) is 7.49. The Balaban J connectivity index is 1.93. The lowest BCUT2D eigenvalue weighted by molar-refractivity contribution is -0.000240. The molecule has 2 bridgehead atoms. The smallest absolute Gasteiger partial charge is 0.264 e. The Labute approximate surface area is 97.4 Å². The van der Waals surface area contributed by atoms with Gasteiger partial charge in [-0.25, -0.2) is 0 Å². The highest BCUT2D eigenvalue weighted by Gasteiger charge is 2.38. The van der Waals surface area contributed by atoms with Gasteiger partial charge in [0.2, 0.25) is 0 Å². The highest BCUT2D eigenvalue weighted by atomic mass is 32.2. The summed E-state index contributed by atoms with van der Waals surface area (Å²) in [5.41, 5.74) is 0. The Morgan fingerprint density at radius 1 is 1.56 bits per heavy atom. The Bertz CT molecular complexity index is 365. The summed E-state index contributed by atoms with van der Waals surface area (Å²) in [6.45, 7) is 6.23. The molecular formula is C11H19NO3S. The minimum atomic E-state index is -3.31. The molecule has 4 atom stereocenters. The van der Waals surface area contributed by atoms with Crippen molar-refractivity contribution in [2.45, 2.75) is 18.9 Å². The van der Waals surface area contributed by atoms with Crippen LogP contribution in [-0.2, 0) is 14.3 Å². The van der Waals surface area contributed by atoms with Gasteiger partial charge in [0.05, 0.1) is 12.9 Å². The van der Waals surface area contributed by atoms with Crippen molar-refractivity contribution in [3.8, 4) is 0 Å². The van der Waals surface area contributed by atoms with Crippen molar-refractivity contribution in [2.24, 2.45) is 11.8 Å². The number of nitrogens with zero attached hydrogens (tertiary/aromatic N) is 1. The minimum absolute atomic E-state index is 0.268. The summed E-state index contributed by atoms with van der Waals surface area (Å²) in [6.07, 6.45) is 5.37. The SMILES string of the molecule is C=C[C@H]1CN2CC[C@H]1C[C@H]2COS(C)(=O)=O. The van der Waals surface area contributed by atoms with Gasteiger partial charge in [0.1, 0.15) is 0 Å². The first-order valence-electron chi connectivity index (χ1n) is 5.70. The van der Waals surface area contributed by atoms with Crippen LogP contribution in [0.25, 0.3) is 0 Å². The fourth-order valence-electron chi connectivity index (χ4n) is 2.82. The normalized spacial score (nSPS) is 38.6. The van der Waals surface area contributed by atoms with Crippen molar-refractivity contribution >= 4 is 10.1 Å². The molecule has 3 heterocycles. The van der Waals surface area contributed by atoms with Gasteiger partial charge >= 0.3 is 0 Å². The standard InChI is InChI=1S/C11H19NO3S/c1-3-9-7-12-5-4-10(9)6-11(12)8-15-16(2,13)14/h3,9-11H,1,4-8H2,2H3/t9-,10-,11-/m0/s1. The molecule has 0 aliphatic carbocycles. The summed E-state index contributed by atoms with van der Waals surface area (Å²) < 4.78 is 26.8. The van der Waals surface area contributed by atoms with Gasteiger partial charge in [-0.15, -0.1) is 6.58 Å². The lowest BCUT2D eigenvalue weighted by atomic mass is 9.76. The van der Waals surface area contributed by atoms with Gasteiger partial charge in [0.15, 0.2) is 0 Å². The maximum Gasteiger partial charge on any atom is 0.264 e. The Morgan fingerprint density at radius 3 is 2.81 bits per heavy atom. The van der Waals surface area contributed by atoms with Crippen LogP contribution in [-0.4, -0.2) is 45.3 Å². The van der Waals surface area contributed by atoms with Crippen LogP contribution < -0.4 is 0 Å². The second-order valence-corrected chi connectivity index (χ2v) is 6.47. The van der Waals surface area contributed by atoms with Crippen LogP contribution in [0, 0.1) is 11.8 Å². The lowest BCUT2D eigenvalue weighted by Crippen LogP contribution is -2.54. The molecule has 3 aliphatic rings. The van der Waals surface area contributed by atoms with Gasteiger partial charge in [-0.05, 0) is 31.2 Å². The second-order valence-electron chi connectivity index (χ2n) is 4.82. The zero-order valence-electron chi connectivity index (χ0n) is 9.63. The molecule has 4 nitrogen and oxygen atoms in total. The topological polar surface area (TPSA) is 46.6 Å². The van der Waals surface area contributed by atoms with Crippen molar-refractivity contribution < 1.29 is 12.6 Å². The fraction of sp³-hybridized carbons (Fsp3) is 0.818. The van der Waals surface area contributed by atoms with Gasteiger partial charge in [0, 0.05) is 12.6 Å². The average molecular weight is 245 g/mol. The van der Waals surface area contributed by atoms with Crippen molar-refractivity contribution in [2.75, 3.05) is 26.0 Å². The first-order valence-corrected chi connectivity index (χ1v) is 7.52. The van der Waals surface area contributed by atoms with E-state index in [1.165, 1.54) is 6.42 Å². The van der Waals surface area contributed by atoms with Crippen LogP contribution in [0.3, 0.4) is 0 Å². The largest absolute Gasteiger partial charge is 0.297 e. The van der Waals surface area contributed by atoms with Crippen LogP contribution in [0.2, 0.25) is 0 Å². The van der Waals surface area contributed by atoms with E-state index in [-0.39, 0.29) is 6.04 Å². The third-order valence-electron chi connectivity index (χ3n) is 3.71. The highest BCUT2D eigenvalue weighted by molar-refractivity contribution is 7.85. The van der Waals surface area contributed by atoms with Gasteiger partial charge in [-0.2, -0.15) is 8.42 Å². The summed E-state index contributed by atoms with van der Waals surface area (Å²) >= 11 is 0. The number of hydrogen-bond acceptors (Lipinski definition) is 4. The molecule has 0 amide bonds. The molecule has 16 heavy (non-hydrogen) atoms.